The van der Waals surface area contributed by atoms with Gasteiger partial charge in [0, 0.05) is 31.1 Å². The Balaban J connectivity index is 1.63. The van der Waals surface area contributed by atoms with Crippen LogP contribution >= 0.6 is 35.2 Å². The summed E-state index contributed by atoms with van der Waals surface area (Å²) in [5.74, 6) is -0.358. The molecular formula is C18H20ClN3O2S2. The molecule has 1 N–H and O–H groups in total. The number of benzene rings is 1. The van der Waals surface area contributed by atoms with Crippen LogP contribution in [-0.4, -0.2) is 49.3 Å². The highest BCUT2D eigenvalue weighted by Gasteiger charge is 2.22. The molecule has 1 fully saturated rings. The van der Waals surface area contributed by atoms with Gasteiger partial charge in [-0.2, -0.15) is 0 Å². The molecule has 0 spiro atoms. The van der Waals surface area contributed by atoms with E-state index in [1.807, 2.05) is 37.3 Å². The number of para-hydroxylation sites is 1. The quantitative estimate of drug-likeness (QED) is 0.610. The van der Waals surface area contributed by atoms with E-state index in [2.05, 4.69) is 15.1 Å². The van der Waals surface area contributed by atoms with Crippen LogP contribution in [0, 0.1) is 6.92 Å². The summed E-state index contributed by atoms with van der Waals surface area (Å²) in [6, 6.07) is 9.68. The fourth-order valence-electron chi connectivity index (χ4n) is 2.90. The molecule has 0 bridgehead atoms. The smallest absolute Gasteiger partial charge is 0.340 e. The minimum atomic E-state index is -0.358. The lowest BCUT2D eigenvalue weighted by atomic mass is 10.2. The van der Waals surface area contributed by atoms with Gasteiger partial charge in [-0.05, 0) is 37.3 Å². The van der Waals surface area contributed by atoms with Crippen molar-refractivity contribution in [3.63, 3.8) is 0 Å². The number of thiophene rings is 1. The Morgan fingerprint density at radius 1 is 1.27 bits per heavy atom. The minimum Gasteiger partial charge on any atom is -0.465 e. The summed E-state index contributed by atoms with van der Waals surface area (Å²) in [7, 11) is 1.38. The number of hydrogen-bond donors (Lipinski definition) is 1. The molecule has 1 aromatic carbocycles. The van der Waals surface area contributed by atoms with E-state index in [9.17, 15) is 4.79 Å². The molecule has 1 aliphatic rings. The number of anilines is 2. The summed E-state index contributed by atoms with van der Waals surface area (Å²) < 4.78 is 4.84. The average molecular weight is 410 g/mol. The molecule has 0 saturated carbocycles. The number of esters is 1. The van der Waals surface area contributed by atoms with Crippen molar-refractivity contribution in [2.45, 2.75) is 6.92 Å². The number of nitrogens with one attached hydrogen (secondary N) is 1. The average Bonchev–Trinajstić information content (AvgIpc) is 3.02. The Morgan fingerprint density at radius 3 is 2.62 bits per heavy atom. The minimum absolute atomic E-state index is 0.358. The zero-order valence-electron chi connectivity index (χ0n) is 14.6. The molecule has 0 unspecified atom stereocenters. The number of methoxy groups -OCH3 is 1. The van der Waals surface area contributed by atoms with E-state index in [1.165, 1.54) is 18.4 Å². The van der Waals surface area contributed by atoms with E-state index < -0.39 is 0 Å². The molecule has 0 radical (unpaired) electrons. The van der Waals surface area contributed by atoms with Crippen LogP contribution in [0.25, 0.3) is 0 Å². The second-order valence-corrected chi connectivity index (χ2v) is 8.00. The van der Waals surface area contributed by atoms with Crippen molar-refractivity contribution in [1.82, 2.24) is 4.90 Å². The summed E-state index contributed by atoms with van der Waals surface area (Å²) in [6.45, 7) is 5.19. The Kier molecular flexibility index (Phi) is 6.01. The second kappa shape index (κ2) is 8.24. The van der Waals surface area contributed by atoms with Crippen LogP contribution in [-0.2, 0) is 4.74 Å². The maximum Gasteiger partial charge on any atom is 0.340 e. The number of hydrogen-bond acceptors (Lipinski definition) is 5. The Labute approximate surface area is 167 Å². The first kappa shape index (κ1) is 18.9. The maximum absolute atomic E-state index is 11.9. The van der Waals surface area contributed by atoms with Gasteiger partial charge in [0.2, 0.25) is 0 Å². The first-order valence-corrected chi connectivity index (χ1v) is 9.84. The van der Waals surface area contributed by atoms with Gasteiger partial charge in [0.25, 0.3) is 0 Å². The lowest BCUT2D eigenvalue weighted by Gasteiger charge is -2.37. The Bertz CT molecular complexity index is 817. The van der Waals surface area contributed by atoms with Gasteiger partial charge in [-0.25, -0.2) is 4.79 Å². The molecule has 1 aliphatic heterocycles. The van der Waals surface area contributed by atoms with Gasteiger partial charge < -0.3 is 19.9 Å². The highest BCUT2D eigenvalue weighted by Crippen LogP contribution is 2.29. The van der Waals surface area contributed by atoms with E-state index in [-0.39, 0.29) is 5.97 Å². The zero-order valence-corrected chi connectivity index (χ0v) is 17.0. The molecule has 138 valence electrons. The van der Waals surface area contributed by atoms with Crippen molar-refractivity contribution in [2.75, 3.05) is 43.5 Å². The lowest BCUT2D eigenvalue weighted by molar-refractivity contribution is 0.0602. The summed E-state index contributed by atoms with van der Waals surface area (Å²) >= 11 is 13.3. The molecule has 0 aliphatic carbocycles. The van der Waals surface area contributed by atoms with Gasteiger partial charge in [-0.1, -0.05) is 23.7 Å². The van der Waals surface area contributed by atoms with Crippen molar-refractivity contribution in [3.8, 4) is 0 Å². The monoisotopic (exact) mass is 409 g/mol. The van der Waals surface area contributed by atoms with E-state index in [0.717, 1.165) is 46.8 Å². The van der Waals surface area contributed by atoms with Crippen LogP contribution in [0.3, 0.4) is 0 Å². The third-order valence-electron chi connectivity index (χ3n) is 4.24. The Hall–Kier alpha value is -1.83. The van der Waals surface area contributed by atoms with Crippen molar-refractivity contribution in [1.29, 1.82) is 0 Å². The molecule has 1 saturated heterocycles. The summed E-state index contributed by atoms with van der Waals surface area (Å²) in [5, 5.41) is 5.33. The molecule has 3 rings (SSSR count). The van der Waals surface area contributed by atoms with E-state index in [4.69, 9.17) is 28.6 Å². The molecule has 0 amide bonds. The number of rotatable bonds is 3. The van der Waals surface area contributed by atoms with Crippen LogP contribution in [0.4, 0.5) is 10.7 Å². The fourth-order valence-corrected chi connectivity index (χ4v) is 4.41. The number of thiocarbonyl (C=S) groups is 1. The number of aryl methyl sites for hydroxylation is 1. The van der Waals surface area contributed by atoms with Crippen molar-refractivity contribution < 1.29 is 9.53 Å². The summed E-state index contributed by atoms with van der Waals surface area (Å²) in [6.07, 6.45) is 0. The van der Waals surface area contributed by atoms with Gasteiger partial charge in [0.1, 0.15) is 5.00 Å². The van der Waals surface area contributed by atoms with E-state index >= 15 is 0 Å². The first-order valence-electron chi connectivity index (χ1n) is 8.23. The largest absolute Gasteiger partial charge is 0.465 e. The lowest BCUT2D eigenvalue weighted by Crippen LogP contribution is -2.50. The predicted octanol–water partition coefficient (Wildman–Crippen LogP) is 4.02. The standard InChI is InChI=1S/C18H20ClN3O2S2/c1-12-11-13(17(23)24-2)16(26-12)20-18(25)22-9-7-21(8-10-22)15-6-4-3-5-14(15)19/h3-6,11H,7-10H2,1-2H3,(H,20,25). The summed E-state index contributed by atoms with van der Waals surface area (Å²) in [5.41, 5.74) is 1.57. The van der Waals surface area contributed by atoms with Crippen LogP contribution in [0.2, 0.25) is 5.02 Å². The molecule has 1 aromatic heterocycles. The summed E-state index contributed by atoms with van der Waals surface area (Å²) in [4.78, 5) is 17.3. The molecular weight excluding hydrogens is 390 g/mol. The number of carbonyl (C=O) groups excluding carboxylic acids is 1. The van der Waals surface area contributed by atoms with Gasteiger partial charge in [0.05, 0.1) is 23.4 Å². The molecule has 2 aromatic rings. The number of ether oxygens (including phenoxy) is 1. The maximum atomic E-state index is 11.9. The van der Waals surface area contributed by atoms with Crippen LogP contribution in [0.5, 0.6) is 0 Å². The van der Waals surface area contributed by atoms with E-state index in [0.29, 0.717) is 10.7 Å². The molecule has 26 heavy (non-hydrogen) atoms. The third-order valence-corrected chi connectivity index (χ3v) is 5.89. The van der Waals surface area contributed by atoms with Crippen molar-refractivity contribution in [2.24, 2.45) is 0 Å². The van der Waals surface area contributed by atoms with Crippen molar-refractivity contribution in [3.05, 3.63) is 45.8 Å². The predicted molar refractivity (Wildman–Crippen MR) is 112 cm³/mol. The second-order valence-electron chi connectivity index (χ2n) is 5.95. The van der Waals surface area contributed by atoms with Crippen molar-refractivity contribution >= 4 is 56.9 Å². The number of nitrogens with zero attached hydrogens (tertiary/aromatic N) is 2. The van der Waals surface area contributed by atoms with Crippen LogP contribution in [0.15, 0.2) is 30.3 Å². The fraction of sp³-hybridized carbons (Fsp3) is 0.333. The van der Waals surface area contributed by atoms with Crippen LogP contribution in [0.1, 0.15) is 15.2 Å². The number of piperazine rings is 1. The number of carbonyl (C=O) groups is 1. The van der Waals surface area contributed by atoms with Gasteiger partial charge in [-0.3, -0.25) is 0 Å². The molecule has 0 atom stereocenters. The highest BCUT2D eigenvalue weighted by molar-refractivity contribution is 7.80. The normalized spacial score (nSPS) is 14.3. The zero-order chi connectivity index (χ0) is 18.7. The molecule has 8 heteroatoms. The van der Waals surface area contributed by atoms with E-state index in [1.54, 1.807) is 0 Å². The SMILES string of the molecule is COC(=O)c1cc(C)sc1NC(=S)N1CCN(c2ccccc2Cl)CC1. The van der Waals surface area contributed by atoms with Gasteiger partial charge in [-0.15, -0.1) is 11.3 Å². The third kappa shape index (κ3) is 4.11. The topological polar surface area (TPSA) is 44.8 Å². The molecule has 2 heterocycles. The van der Waals surface area contributed by atoms with Gasteiger partial charge in [0.15, 0.2) is 5.11 Å². The Morgan fingerprint density at radius 2 is 1.96 bits per heavy atom. The first-order chi connectivity index (χ1) is 12.5. The van der Waals surface area contributed by atoms with Gasteiger partial charge >= 0.3 is 5.97 Å². The van der Waals surface area contributed by atoms with Crippen LogP contribution < -0.4 is 10.2 Å². The highest BCUT2D eigenvalue weighted by atomic mass is 35.5. The number of halogens is 1. The molecule has 5 nitrogen and oxygen atoms in total.